The lowest BCUT2D eigenvalue weighted by molar-refractivity contribution is -0.221. The number of hydrogen-bond donors (Lipinski definition) is 1. The van der Waals surface area contributed by atoms with E-state index < -0.39 is 12.1 Å². The van der Waals surface area contributed by atoms with Gasteiger partial charge in [0.25, 0.3) is 0 Å². The maximum Gasteiger partial charge on any atom is 0.187 e. The minimum absolute atomic E-state index is 0.0784. The molecule has 7 heteroatoms. The Morgan fingerprint density at radius 1 is 1.19 bits per heavy atom. The van der Waals surface area contributed by atoms with E-state index in [1.807, 2.05) is 32.0 Å². The van der Waals surface area contributed by atoms with Gasteiger partial charge in [-0.1, -0.05) is 19.1 Å². The predicted molar refractivity (Wildman–Crippen MR) is 90.3 cm³/mol. The highest BCUT2D eigenvalue weighted by molar-refractivity contribution is 5.37. The van der Waals surface area contributed by atoms with E-state index in [1.165, 1.54) is 0 Å². The molecule has 1 aromatic carbocycles. The minimum atomic E-state index is -0.616. The van der Waals surface area contributed by atoms with Gasteiger partial charge in [-0.15, -0.1) is 0 Å². The van der Waals surface area contributed by atoms with Crippen LogP contribution in [0.1, 0.15) is 38.2 Å². The van der Waals surface area contributed by atoms with Crippen molar-refractivity contribution in [2.45, 2.75) is 64.1 Å². The summed E-state index contributed by atoms with van der Waals surface area (Å²) in [6.07, 6.45) is -1.29. The molecule has 3 aliphatic heterocycles. The molecule has 0 bridgehead atoms. The fourth-order valence-corrected chi connectivity index (χ4v) is 3.92. The largest absolute Gasteiger partial charge is 0.496 e. The van der Waals surface area contributed by atoms with Crippen LogP contribution in [0.25, 0.3) is 0 Å². The molecule has 7 nitrogen and oxygen atoms in total. The number of fused-ring (bicyclic) bond motifs is 1. The van der Waals surface area contributed by atoms with Gasteiger partial charge in [0.15, 0.2) is 18.4 Å². The summed E-state index contributed by atoms with van der Waals surface area (Å²) >= 11 is 0. The highest BCUT2D eigenvalue weighted by Gasteiger charge is 2.55. The van der Waals surface area contributed by atoms with Crippen molar-refractivity contribution in [3.05, 3.63) is 29.3 Å². The Kier molecular flexibility index (Phi) is 4.71. The summed E-state index contributed by atoms with van der Waals surface area (Å²) in [4.78, 5) is 0. The molecule has 6 atom stereocenters. The fourth-order valence-electron chi connectivity index (χ4n) is 3.92. The lowest BCUT2D eigenvalue weighted by atomic mass is 9.97. The van der Waals surface area contributed by atoms with Crippen LogP contribution < -0.4 is 4.74 Å². The van der Waals surface area contributed by atoms with Gasteiger partial charge < -0.3 is 33.5 Å². The lowest BCUT2D eigenvalue weighted by Gasteiger charge is -2.26. The van der Waals surface area contributed by atoms with E-state index in [1.54, 1.807) is 7.11 Å². The van der Waals surface area contributed by atoms with Crippen LogP contribution >= 0.6 is 0 Å². The Morgan fingerprint density at radius 3 is 2.69 bits per heavy atom. The first-order valence-electron chi connectivity index (χ1n) is 8.97. The van der Waals surface area contributed by atoms with Gasteiger partial charge in [0.1, 0.15) is 18.0 Å². The summed E-state index contributed by atoms with van der Waals surface area (Å²) in [7, 11) is 1.58. The van der Waals surface area contributed by atoms with Crippen molar-refractivity contribution in [2.24, 2.45) is 5.92 Å². The average Bonchev–Trinajstić information content (AvgIpc) is 3.29. The van der Waals surface area contributed by atoms with E-state index in [9.17, 15) is 5.11 Å². The van der Waals surface area contributed by atoms with Crippen molar-refractivity contribution in [1.29, 1.82) is 0 Å². The SMILES string of the molecule is COc1cc(C2OCC([C@H]3O[C@@H]4OC(C)(C)O[C@@H]4[C@H]3C)O2)ccc1CO. The number of methoxy groups -OCH3 is 1. The average molecular weight is 366 g/mol. The number of aliphatic hydroxyl groups excluding tert-OH is 1. The van der Waals surface area contributed by atoms with Crippen LogP contribution in [0.4, 0.5) is 0 Å². The second kappa shape index (κ2) is 6.74. The first-order chi connectivity index (χ1) is 12.4. The molecule has 0 radical (unpaired) electrons. The first kappa shape index (κ1) is 18.2. The first-order valence-corrected chi connectivity index (χ1v) is 8.97. The number of hydrogen-bond acceptors (Lipinski definition) is 7. The van der Waals surface area contributed by atoms with Crippen LogP contribution in [-0.2, 0) is 30.3 Å². The number of ether oxygens (including phenoxy) is 6. The maximum absolute atomic E-state index is 9.35. The molecule has 144 valence electrons. The van der Waals surface area contributed by atoms with Crippen LogP contribution in [0.3, 0.4) is 0 Å². The molecule has 0 aliphatic carbocycles. The second-order valence-corrected chi connectivity index (χ2v) is 7.50. The van der Waals surface area contributed by atoms with Crippen LogP contribution in [0.15, 0.2) is 18.2 Å². The molecule has 0 amide bonds. The zero-order chi connectivity index (χ0) is 18.5. The van der Waals surface area contributed by atoms with E-state index in [0.29, 0.717) is 12.4 Å². The van der Waals surface area contributed by atoms with Crippen LogP contribution in [0.5, 0.6) is 5.75 Å². The van der Waals surface area contributed by atoms with Crippen molar-refractivity contribution in [3.8, 4) is 5.75 Å². The van der Waals surface area contributed by atoms with Gasteiger partial charge in [-0.2, -0.15) is 0 Å². The molecule has 26 heavy (non-hydrogen) atoms. The summed E-state index contributed by atoms with van der Waals surface area (Å²) in [6.45, 7) is 6.24. The summed E-state index contributed by atoms with van der Waals surface area (Å²) in [5.74, 6) is 0.139. The third kappa shape index (κ3) is 3.13. The monoisotopic (exact) mass is 366 g/mol. The highest BCUT2D eigenvalue weighted by Crippen LogP contribution is 2.44. The van der Waals surface area contributed by atoms with Gasteiger partial charge in [0.2, 0.25) is 0 Å². The van der Waals surface area contributed by atoms with Crippen molar-refractivity contribution in [1.82, 2.24) is 0 Å². The third-order valence-electron chi connectivity index (χ3n) is 5.25. The van der Waals surface area contributed by atoms with Crippen molar-refractivity contribution in [2.75, 3.05) is 13.7 Å². The number of rotatable bonds is 4. The molecule has 1 N–H and O–H groups in total. The quantitative estimate of drug-likeness (QED) is 0.875. The zero-order valence-corrected chi connectivity index (χ0v) is 15.5. The van der Waals surface area contributed by atoms with Gasteiger partial charge in [-0.3, -0.25) is 0 Å². The van der Waals surface area contributed by atoms with E-state index in [4.69, 9.17) is 28.4 Å². The topological polar surface area (TPSA) is 75.6 Å². The summed E-state index contributed by atoms with van der Waals surface area (Å²) in [5, 5.41) is 9.35. The van der Waals surface area contributed by atoms with E-state index >= 15 is 0 Å². The van der Waals surface area contributed by atoms with E-state index in [2.05, 4.69) is 6.92 Å². The van der Waals surface area contributed by atoms with Crippen LogP contribution in [-0.4, -0.2) is 49.2 Å². The molecule has 0 aromatic heterocycles. The van der Waals surface area contributed by atoms with Gasteiger partial charge in [0.05, 0.1) is 26.4 Å². The van der Waals surface area contributed by atoms with Crippen molar-refractivity contribution >= 4 is 0 Å². The summed E-state index contributed by atoms with van der Waals surface area (Å²) in [5.41, 5.74) is 1.57. The minimum Gasteiger partial charge on any atom is -0.496 e. The molecular formula is C19H26O7. The summed E-state index contributed by atoms with van der Waals surface area (Å²) < 4.78 is 35.1. The fraction of sp³-hybridized carbons (Fsp3) is 0.684. The lowest BCUT2D eigenvalue weighted by Crippen LogP contribution is -2.36. The zero-order valence-electron chi connectivity index (χ0n) is 15.5. The van der Waals surface area contributed by atoms with Crippen LogP contribution in [0.2, 0.25) is 0 Å². The Morgan fingerprint density at radius 2 is 2.00 bits per heavy atom. The molecule has 3 heterocycles. The Labute approximate surface area is 153 Å². The molecule has 3 fully saturated rings. The van der Waals surface area contributed by atoms with Crippen molar-refractivity contribution < 1.29 is 33.5 Å². The predicted octanol–water partition coefficient (Wildman–Crippen LogP) is 2.11. The number of benzene rings is 1. The van der Waals surface area contributed by atoms with E-state index in [-0.39, 0.29) is 37.1 Å². The van der Waals surface area contributed by atoms with Gasteiger partial charge in [0, 0.05) is 17.0 Å². The molecule has 2 unspecified atom stereocenters. The van der Waals surface area contributed by atoms with E-state index in [0.717, 1.165) is 11.1 Å². The Balaban J connectivity index is 1.43. The summed E-state index contributed by atoms with van der Waals surface area (Å²) in [6, 6.07) is 5.53. The maximum atomic E-state index is 9.35. The normalized spacial score (nSPS) is 38.5. The second-order valence-electron chi connectivity index (χ2n) is 7.50. The molecule has 4 rings (SSSR count). The third-order valence-corrected chi connectivity index (χ3v) is 5.25. The number of aliphatic hydroxyl groups is 1. The van der Waals surface area contributed by atoms with Gasteiger partial charge in [-0.25, -0.2) is 0 Å². The Bertz CT molecular complexity index is 661. The molecule has 3 aliphatic rings. The van der Waals surface area contributed by atoms with Crippen LogP contribution in [0, 0.1) is 5.92 Å². The molecule has 0 spiro atoms. The highest BCUT2D eigenvalue weighted by atomic mass is 16.8. The van der Waals surface area contributed by atoms with Gasteiger partial charge >= 0.3 is 0 Å². The molecular weight excluding hydrogens is 340 g/mol. The van der Waals surface area contributed by atoms with Gasteiger partial charge in [-0.05, 0) is 19.9 Å². The molecule has 0 saturated carbocycles. The molecule has 1 aromatic rings. The molecule has 3 saturated heterocycles. The standard InChI is InChI=1S/C19H26O7/c1-10-15(24-18-16(10)25-19(2,3)26-18)14-9-22-17(23-14)11-5-6-12(8-20)13(7-11)21-4/h5-7,10,14-18,20H,8-9H2,1-4H3/t10-,14?,15-,16+,17?,18+/m0/s1. The Hall–Kier alpha value is -1.22. The van der Waals surface area contributed by atoms with Crippen molar-refractivity contribution in [3.63, 3.8) is 0 Å². The smallest absolute Gasteiger partial charge is 0.187 e.